The van der Waals surface area contributed by atoms with Crippen LogP contribution < -0.4 is 0 Å². The number of carboxylic acid groups (broad SMARTS) is 1. The Morgan fingerprint density at radius 3 is 2.84 bits per heavy atom. The standard InChI is InChI=1S/C12H8BrClN2O2S/c13-7-5-15-10(16-11(7)12(17)18)6-19-9-4-2-1-3-8(9)14/h1-5H,6H2,(H,17,18). The SMILES string of the molecule is O=C(O)c1nc(CSc2ccccc2Cl)ncc1Br. The number of carboxylic acids is 1. The lowest BCUT2D eigenvalue weighted by atomic mass is 10.4. The molecule has 19 heavy (non-hydrogen) atoms. The molecule has 4 nitrogen and oxygen atoms in total. The third-order valence-electron chi connectivity index (χ3n) is 2.19. The maximum Gasteiger partial charge on any atom is 0.355 e. The number of halogens is 2. The molecule has 1 N–H and O–H groups in total. The van der Waals surface area contributed by atoms with Crippen LogP contribution in [0.15, 0.2) is 39.8 Å². The summed E-state index contributed by atoms with van der Waals surface area (Å²) in [7, 11) is 0. The fraction of sp³-hybridized carbons (Fsp3) is 0.0833. The number of thioether (sulfide) groups is 1. The van der Waals surface area contributed by atoms with Crippen LogP contribution in [0.25, 0.3) is 0 Å². The second-order valence-electron chi connectivity index (χ2n) is 3.51. The molecular formula is C12H8BrClN2O2S. The lowest BCUT2D eigenvalue weighted by molar-refractivity contribution is 0.0689. The second-order valence-corrected chi connectivity index (χ2v) is 5.79. The molecule has 2 aromatic rings. The zero-order valence-corrected chi connectivity index (χ0v) is 12.7. The molecule has 0 unspecified atom stereocenters. The number of rotatable bonds is 4. The number of hydrogen-bond acceptors (Lipinski definition) is 4. The molecule has 0 radical (unpaired) electrons. The molecule has 1 aromatic heterocycles. The smallest absolute Gasteiger partial charge is 0.355 e. The van der Waals surface area contributed by atoms with Gasteiger partial charge < -0.3 is 5.11 Å². The third kappa shape index (κ3) is 3.68. The summed E-state index contributed by atoms with van der Waals surface area (Å²) < 4.78 is 0.367. The molecule has 0 spiro atoms. The van der Waals surface area contributed by atoms with E-state index in [0.29, 0.717) is 21.1 Å². The van der Waals surface area contributed by atoms with Crippen LogP contribution in [0.4, 0.5) is 0 Å². The topological polar surface area (TPSA) is 63.1 Å². The first-order valence-corrected chi connectivity index (χ1v) is 7.35. The molecule has 0 amide bonds. The van der Waals surface area contributed by atoms with Gasteiger partial charge in [0.05, 0.1) is 15.2 Å². The number of aromatic nitrogens is 2. The van der Waals surface area contributed by atoms with Gasteiger partial charge in [-0.05, 0) is 28.1 Å². The van der Waals surface area contributed by atoms with Crippen molar-refractivity contribution in [2.45, 2.75) is 10.6 Å². The molecule has 0 bridgehead atoms. The molecule has 2 rings (SSSR count). The van der Waals surface area contributed by atoms with Gasteiger partial charge in [0.1, 0.15) is 5.82 Å². The lowest BCUT2D eigenvalue weighted by Gasteiger charge is -2.04. The van der Waals surface area contributed by atoms with Crippen LogP contribution in [0.3, 0.4) is 0 Å². The zero-order chi connectivity index (χ0) is 13.8. The minimum absolute atomic E-state index is 0.0373. The number of carbonyl (C=O) groups is 1. The van der Waals surface area contributed by atoms with Gasteiger partial charge in [-0.25, -0.2) is 14.8 Å². The summed E-state index contributed by atoms with van der Waals surface area (Å²) in [5.41, 5.74) is -0.0373. The molecule has 0 aliphatic carbocycles. The highest BCUT2D eigenvalue weighted by Crippen LogP contribution is 2.28. The van der Waals surface area contributed by atoms with Gasteiger partial charge >= 0.3 is 5.97 Å². The van der Waals surface area contributed by atoms with E-state index in [1.165, 1.54) is 18.0 Å². The highest BCUT2D eigenvalue weighted by Gasteiger charge is 2.12. The predicted octanol–water partition coefficient (Wildman–Crippen LogP) is 3.88. The number of hydrogen-bond donors (Lipinski definition) is 1. The summed E-state index contributed by atoms with van der Waals surface area (Å²) in [6.07, 6.45) is 1.44. The van der Waals surface area contributed by atoms with Gasteiger partial charge in [0, 0.05) is 11.1 Å². The van der Waals surface area contributed by atoms with Crippen LogP contribution >= 0.6 is 39.3 Å². The Morgan fingerprint density at radius 1 is 1.42 bits per heavy atom. The van der Waals surface area contributed by atoms with Gasteiger partial charge in [-0.3, -0.25) is 0 Å². The van der Waals surface area contributed by atoms with E-state index in [-0.39, 0.29) is 5.69 Å². The molecule has 98 valence electrons. The minimum Gasteiger partial charge on any atom is -0.476 e. The summed E-state index contributed by atoms with van der Waals surface area (Å²) >= 11 is 10.6. The fourth-order valence-corrected chi connectivity index (χ4v) is 2.79. The number of aromatic carboxylic acids is 1. The molecule has 7 heteroatoms. The van der Waals surface area contributed by atoms with E-state index in [1.54, 1.807) is 6.07 Å². The summed E-state index contributed by atoms with van der Waals surface area (Å²) in [5, 5.41) is 9.63. The van der Waals surface area contributed by atoms with Crippen LogP contribution in [-0.4, -0.2) is 21.0 Å². The molecule has 1 aromatic carbocycles. The average Bonchev–Trinajstić information content (AvgIpc) is 2.39. The first-order valence-electron chi connectivity index (χ1n) is 5.20. The van der Waals surface area contributed by atoms with E-state index >= 15 is 0 Å². The minimum atomic E-state index is -1.08. The van der Waals surface area contributed by atoms with Crippen LogP contribution in [0.2, 0.25) is 5.02 Å². The summed E-state index contributed by atoms with van der Waals surface area (Å²) in [6, 6.07) is 7.43. The van der Waals surface area contributed by atoms with E-state index < -0.39 is 5.97 Å². The van der Waals surface area contributed by atoms with Crippen molar-refractivity contribution in [1.82, 2.24) is 9.97 Å². The van der Waals surface area contributed by atoms with Gasteiger partial charge in [0.25, 0.3) is 0 Å². The van der Waals surface area contributed by atoms with Gasteiger partial charge in [0.15, 0.2) is 5.69 Å². The van der Waals surface area contributed by atoms with Crippen molar-refractivity contribution in [3.8, 4) is 0 Å². The predicted molar refractivity (Wildman–Crippen MR) is 77.7 cm³/mol. The molecule has 0 aliphatic rings. The first-order chi connectivity index (χ1) is 9.08. The largest absolute Gasteiger partial charge is 0.476 e. The van der Waals surface area contributed by atoms with Crippen molar-refractivity contribution in [3.05, 3.63) is 51.5 Å². The van der Waals surface area contributed by atoms with Crippen LogP contribution in [-0.2, 0) is 5.75 Å². The third-order valence-corrected chi connectivity index (χ3v) is 4.28. The summed E-state index contributed by atoms with van der Waals surface area (Å²) in [4.78, 5) is 19.9. The average molecular weight is 360 g/mol. The molecule has 0 fully saturated rings. The van der Waals surface area contributed by atoms with Gasteiger partial charge in [-0.15, -0.1) is 11.8 Å². The molecule has 0 aliphatic heterocycles. The molecule has 1 heterocycles. The summed E-state index contributed by atoms with van der Waals surface area (Å²) in [6.45, 7) is 0. The van der Waals surface area contributed by atoms with Crippen molar-refractivity contribution < 1.29 is 9.90 Å². The Morgan fingerprint density at radius 2 is 2.16 bits per heavy atom. The van der Waals surface area contributed by atoms with Crippen LogP contribution in [0.1, 0.15) is 16.3 Å². The normalized spacial score (nSPS) is 10.4. The monoisotopic (exact) mass is 358 g/mol. The van der Waals surface area contributed by atoms with E-state index in [9.17, 15) is 4.79 Å². The Labute approximate surface area is 127 Å². The van der Waals surface area contributed by atoms with Gasteiger partial charge in [-0.1, -0.05) is 23.7 Å². The van der Waals surface area contributed by atoms with Crippen molar-refractivity contribution in [1.29, 1.82) is 0 Å². The van der Waals surface area contributed by atoms with Crippen LogP contribution in [0.5, 0.6) is 0 Å². The quantitative estimate of drug-likeness (QED) is 0.839. The van der Waals surface area contributed by atoms with Crippen LogP contribution in [0, 0.1) is 0 Å². The van der Waals surface area contributed by atoms with Crippen molar-refractivity contribution in [3.63, 3.8) is 0 Å². The Kier molecular flexibility index (Phi) is 4.79. The van der Waals surface area contributed by atoms with E-state index in [0.717, 1.165) is 4.90 Å². The van der Waals surface area contributed by atoms with E-state index in [1.807, 2.05) is 18.2 Å². The van der Waals surface area contributed by atoms with Crippen molar-refractivity contribution >= 4 is 45.3 Å². The second kappa shape index (κ2) is 6.36. The highest BCUT2D eigenvalue weighted by atomic mass is 79.9. The number of benzene rings is 1. The molecule has 0 saturated heterocycles. The maximum absolute atomic E-state index is 11.0. The molecule has 0 atom stereocenters. The van der Waals surface area contributed by atoms with E-state index in [2.05, 4.69) is 25.9 Å². The van der Waals surface area contributed by atoms with E-state index in [4.69, 9.17) is 16.7 Å². The van der Waals surface area contributed by atoms with Crippen molar-refractivity contribution in [2.75, 3.05) is 0 Å². The number of nitrogens with zero attached hydrogens (tertiary/aromatic N) is 2. The Balaban J connectivity index is 2.14. The summed E-state index contributed by atoms with van der Waals surface area (Å²) in [5.74, 6) is -0.180. The maximum atomic E-state index is 11.0. The molecule has 0 saturated carbocycles. The first kappa shape index (κ1) is 14.3. The lowest BCUT2D eigenvalue weighted by Crippen LogP contribution is -2.05. The van der Waals surface area contributed by atoms with Gasteiger partial charge in [0.2, 0.25) is 0 Å². The fourth-order valence-electron chi connectivity index (χ4n) is 1.33. The Bertz CT molecular complexity index is 624. The highest BCUT2D eigenvalue weighted by molar-refractivity contribution is 9.10. The Hall–Kier alpha value is -1.11. The molecular weight excluding hydrogens is 352 g/mol. The van der Waals surface area contributed by atoms with Crippen molar-refractivity contribution in [2.24, 2.45) is 0 Å². The van der Waals surface area contributed by atoms with Gasteiger partial charge in [-0.2, -0.15) is 0 Å². The zero-order valence-electron chi connectivity index (χ0n) is 9.51.